The number of aromatic nitrogens is 2. The fourth-order valence-corrected chi connectivity index (χ4v) is 6.91. The Hall–Kier alpha value is -2.93. The first-order valence-corrected chi connectivity index (χ1v) is 15.1. The number of piperidine rings is 2. The van der Waals surface area contributed by atoms with Crippen LogP contribution < -0.4 is 20.3 Å². The van der Waals surface area contributed by atoms with Gasteiger partial charge in [0.25, 0.3) is 5.91 Å². The Morgan fingerprint density at radius 2 is 1.80 bits per heavy atom. The summed E-state index contributed by atoms with van der Waals surface area (Å²) in [5.74, 6) is 1.35. The van der Waals surface area contributed by atoms with Gasteiger partial charge < -0.3 is 25.2 Å². The van der Waals surface area contributed by atoms with E-state index in [1.807, 2.05) is 0 Å². The van der Waals surface area contributed by atoms with Gasteiger partial charge in [0, 0.05) is 44.3 Å². The third-order valence-corrected chi connectivity index (χ3v) is 9.72. The Kier molecular flexibility index (Phi) is 8.10. The van der Waals surface area contributed by atoms with Crippen molar-refractivity contribution in [1.29, 1.82) is 5.26 Å². The molecule has 1 aromatic carbocycles. The maximum Gasteiger partial charge on any atom is 0.271 e. The van der Waals surface area contributed by atoms with Crippen molar-refractivity contribution in [3.05, 3.63) is 46.9 Å². The van der Waals surface area contributed by atoms with Crippen LogP contribution in [0.25, 0.3) is 0 Å². The fourth-order valence-electron chi connectivity index (χ4n) is 6.69. The number of amides is 1. The van der Waals surface area contributed by atoms with Crippen LogP contribution >= 0.6 is 11.6 Å². The lowest BCUT2D eigenvalue weighted by atomic mass is 9.73. The average Bonchev–Trinajstić information content (AvgIpc) is 2.98. The molecule has 9 nitrogen and oxygen atoms in total. The summed E-state index contributed by atoms with van der Waals surface area (Å²) in [7, 11) is 0. The molecular formula is C30H38ClN7O2. The van der Waals surface area contributed by atoms with Crippen molar-refractivity contribution < 1.29 is 9.53 Å². The van der Waals surface area contributed by atoms with E-state index in [-0.39, 0.29) is 18.1 Å². The first kappa shape index (κ1) is 27.3. The number of rotatable bonds is 6. The molecule has 10 heteroatoms. The van der Waals surface area contributed by atoms with Crippen molar-refractivity contribution in [1.82, 2.24) is 25.5 Å². The summed E-state index contributed by atoms with van der Waals surface area (Å²) >= 11 is 6.12. The quantitative estimate of drug-likeness (QED) is 0.547. The van der Waals surface area contributed by atoms with Crippen LogP contribution in [0.4, 0.5) is 5.82 Å². The number of likely N-dealkylation sites (tertiary alicyclic amines) is 1. The summed E-state index contributed by atoms with van der Waals surface area (Å²) in [5, 5.41) is 16.0. The molecule has 212 valence electrons. The monoisotopic (exact) mass is 563 g/mol. The van der Waals surface area contributed by atoms with Gasteiger partial charge in [0.1, 0.15) is 23.3 Å². The summed E-state index contributed by atoms with van der Waals surface area (Å²) in [4.78, 5) is 26.9. The van der Waals surface area contributed by atoms with Crippen molar-refractivity contribution in [2.45, 2.75) is 69.6 Å². The van der Waals surface area contributed by atoms with Gasteiger partial charge in [-0.15, -0.1) is 0 Å². The molecule has 0 radical (unpaired) electrons. The van der Waals surface area contributed by atoms with E-state index in [1.54, 1.807) is 30.6 Å². The van der Waals surface area contributed by atoms with Gasteiger partial charge in [-0.25, -0.2) is 9.97 Å². The largest absolute Gasteiger partial charge is 0.490 e. The van der Waals surface area contributed by atoms with Crippen LogP contribution in [0.2, 0.25) is 5.02 Å². The van der Waals surface area contributed by atoms with Crippen LogP contribution in [0, 0.1) is 16.7 Å². The molecule has 1 spiro atoms. The maximum atomic E-state index is 12.9. The molecule has 3 aliphatic heterocycles. The molecule has 40 heavy (non-hydrogen) atoms. The van der Waals surface area contributed by atoms with Gasteiger partial charge in [-0.05, 0) is 82.0 Å². The van der Waals surface area contributed by atoms with Crippen molar-refractivity contribution in [3.63, 3.8) is 0 Å². The molecule has 1 aromatic heterocycles. The lowest BCUT2D eigenvalue weighted by molar-refractivity contribution is 0.0291. The van der Waals surface area contributed by atoms with E-state index in [1.165, 1.54) is 39.0 Å². The summed E-state index contributed by atoms with van der Waals surface area (Å²) in [6.07, 6.45) is 11.7. The third kappa shape index (κ3) is 6.04. The highest BCUT2D eigenvalue weighted by molar-refractivity contribution is 6.31. The predicted molar refractivity (Wildman–Crippen MR) is 154 cm³/mol. The van der Waals surface area contributed by atoms with Crippen LogP contribution in [-0.2, 0) is 0 Å². The van der Waals surface area contributed by atoms with Crippen LogP contribution in [0.5, 0.6) is 5.75 Å². The Bertz CT molecular complexity index is 1220. The highest BCUT2D eigenvalue weighted by atomic mass is 35.5. The van der Waals surface area contributed by atoms with Gasteiger partial charge in [-0.1, -0.05) is 11.6 Å². The molecule has 1 aliphatic carbocycles. The number of benzene rings is 1. The number of hydrogen-bond donors (Lipinski definition) is 2. The third-order valence-electron chi connectivity index (χ3n) is 9.41. The van der Waals surface area contributed by atoms with Crippen LogP contribution in [0.15, 0.2) is 30.6 Å². The van der Waals surface area contributed by atoms with Crippen LogP contribution in [0.3, 0.4) is 0 Å². The number of anilines is 1. The fraction of sp³-hybridized carbons (Fsp3) is 0.600. The van der Waals surface area contributed by atoms with Crippen molar-refractivity contribution in [3.8, 4) is 11.8 Å². The second-order valence-corrected chi connectivity index (χ2v) is 12.3. The highest BCUT2D eigenvalue weighted by Crippen LogP contribution is 2.36. The first-order valence-electron chi connectivity index (χ1n) is 14.7. The SMILES string of the molecule is N#Cc1ccc(OC2CCC(NC(=O)c3cnc(N4CCC(N5CCC6(CC5)CNC6)CC4)cn3)CC2)cc1Cl. The molecule has 4 aliphatic rings. The minimum absolute atomic E-state index is 0.0620. The summed E-state index contributed by atoms with van der Waals surface area (Å²) in [6, 6.07) is 7.95. The van der Waals surface area contributed by atoms with Crippen molar-refractivity contribution >= 4 is 23.3 Å². The zero-order valence-electron chi connectivity index (χ0n) is 22.9. The topological polar surface area (TPSA) is 106 Å². The van der Waals surface area contributed by atoms with Crippen LogP contribution in [0.1, 0.15) is 67.4 Å². The van der Waals surface area contributed by atoms with E-state index in [0.29, 0.717) is 33.5 Å². The average molecular weight is 564 g/mol. The maximum absolute atomic E-state index is 12.9. The Balaban J connectivity index is 0.928. The predicted octanol–water partition coefficient (Wildman–Crippen LogP) is 3.78. The van der Waals surface area contributed by atoms with E-state index in [9.17, 15) is 4.79 Å². The van der Waals surface area contributed by atoms with Crippen LogP contribution in [-0.4, -0.2) is 78.2 Å². The number of halogens is 1. The second-order valence-electron chi connectivity index (χ2n) is 11.9. The van der Waals surface area contributed by atoms with E-state index < -0.39 is 0 Å². The Morgan fingerprint density at radius 3 is 2.40 bits per heavy atom. The highest BCUT2D eigenvalue weighted by Gasteiger charge is 2.41. The van der Waals surface area contributed by atoms with E-state index >= 15 is 0 Å². The molecule has 1 amide bonds. The second kappa shape index (κ2) is 11.9. The van der Waals surface area contributed by atoms with Gasteiger partial charge in [0.05, 0.1) is 29.1 Å². The lowest BCUT2D eigenvalue weighted by Crippen LogP contribution is -2.59. The minimum Gasteiger partial charge on any atom is -0.490 e. The normalized spacial score (nSPS) is 25.1. The van der Waals surface area contributed by atoms with Gasteiger partial charge in [0.2, 0.25) is 0 Å². The zero-order valence-corrected chi connectivity index (χ0v) is 23.7. The molecule has 3 saturated heterocycles. The number of nitrogens with zero attached hydrogens (tertiary/aromatic N) is 5. The van der Waals surface area contributed by atoms with Gasteiger partial charge in [-0.2, -0.15) is 5.26 Å². The number of nitriles is 1. The number of hydrogen-bond acceptors (Lipinski definition) is 8. The van der Waals surface area contributed by atoms with Crippen molar-refractivity contribution in [2.24, 2.45) is 5.41 Å². The zero-order chi connectivity index (χ0) is 27.5. The van der Waals surface area contributed by atoms with Gasteiger partial charge >= 0.3 is 0 Å². The summed E-state index contributed by atoms with van der Waals surface area (Å²) in [5.41, 5.74) is 1.39. The summed E-state index contributed by atoms with van der Waals surface area (Å²) in [6.45, 7) is 6.84. The molecule has 1 saturated carbocycles. The molecule has 2 N–H and O–H groups in total. The lowest BCUT2D eigenvalue weighted by Gasteiger charge is -2.50. The van der Waals surface area contributed by atoms with E-state index in [2.05, 4.69) is 36.5 Å². The number of nitrogens with one attached hydrogen (secondary N) is 2. The number of carbonyl (C=O) groups is 1. The molecule has 4 heterocycles. The molecule has 0 atom stereocenters. The standard InChI is InChI=1S/C30H38ClN7O2/c31-26-15-25(4-1-21(26)16-32)40-24-5-2-22(3-6-24)36-29(39)27-17-35-28(18-34-27)38-11-7-23(8-12-38)37-13-9-30(10-14-37)19-33-20-30/h1,4,15,17-18,22-24,33H,2-3,5-14,19-20H2,(H,36,39). The molecule has 2 aromatic rings. The molecule has 6 rings (SSSR count). The number of ether oxygens (including phenoxy) is 1. The summed E-state index contributed by atoms with van der Waals surface area (Å²) < 4.78 is 6.06. The minimum atomic E-state index is -0.175. The number of carbonyl (C=O) groups excluding carboxylic acids is 1. The Morgan fingerprint density at radius 1 is 1.05 bits per heavy atom. The Labute approximate surface area is 241 Å². The van der Waals surface area contributed by atoms with Crippen molar-refractivity contribution in [2.75, 3.05) is 44.2 Å². The first-order chi connectivity index (χ1) is 19.5. The van der Waals surface area contributed by atoms with E-state index in [4.69, 9.17) is 21.6 Å². The molecule has 0 unspecified atom stereocenters. The van der Waals surface area contributed by atoms with Gasteiger partial charge in [0.15, 0.2) is 0 Å². The molecule has 0 bridgehead atoms. The molecule has 4 fully saturated rings. The van der Waals surface area contributed by atoms with Gasteiger partial charge in [-0.3, -0.25) is 4.79 Å². The molecular weight excluding hydrogens is 526 g/mol. The smallest absolute Gasteiger partial charge is 0.271 e. The van der Waals surface area contributed by atoms with E-state index in [0.717, 1.165) is 57.4 Å².